The molecule has 5 atom stereocenters. The maximum absolute atomic E-state index is 12.4. The zero-order valence-corrected chi connectivity index (χ0v) is 23.0. The minimum atomic E-state index is -0.597. The number of rotatable bonds is 11. The summed E-state index contributed by atoms with van der Waals surface area (Å²) in [5.41, 5.74) is 3.19. The van der Waals surface area contributed by atoms with Crippen LogP contribution in [0.4, 0.5) is 0 Å². The number of hydrogen-bond donors (Lipinski definition) is 0. The summed E-state index contributed by atoms with van der Waals surface area (Å²) in [5.74, 6) is 0.538. The molecule has 0 amide bonds. The number of thioether (sulfide) groups is 1. The van der Waals surface area contributed by atoms with E-state index in [9.17, 15) is 4.79 Å². The quantitative estimate of drug-likeness (QED) is 0.290. The van der Waals surface area contributed by atoms with Crippen molar-refractivity contribution in [1.29, 1.82) is 0 Å². The van der Waals surface area contributed by atoms with Crippen molar-refractivity contribution in [1.82, 2.24) is 0 Å². The van der Waals surface area contributed by atoms with Crippen LogP contribution in [0.5, 0.6) is 0 Å². The first-order chi connectivity index (χ1) is 19.1. The third kappa shape index (κ3) is 7.18. The molecule has 204 valence electrons. The summed E-state index contributed by atoms with van der Waals surface area (Å²) in [7, 11) is 0. The van der Waals surface area contributed by atoms with Gasteiger partial charge in [-0.3, -0.25) is 4.79 Å². The van der Waals surface area contributed by atoms with E-state index in [4.69, 9.17) is 23.7 Å². The highest BCUT2D eigenvalue weighted by atomic mass is 32.2. The van der Waals surface area contributed by atoms with Gasteiger partial charge in [-0.15, -0.1) is 11.8 Å². The normalized spacial score (nSPS) is 24.6. The molecule has 1 saturated heterocycles. The molecule has 2 aliphatic heterocycles. The summed E-state index contributed by atoms with van der Waals surface area (Å²) < 4.78 is 32.0. The van der Waals surface area contributed by atoms with Crippen molar-refractivity contribution in [2.24, 2.45) is 0 Å². The number of carbonyl (C=O) groups excluding carboxylic acids is 1. The van der Waals surface area contributed by atoms with Crippen LogP contribution in [0.3, 0.4) is 0 Å². The molecule has 0 N–H and O–H groups in total. The second-order valence-corrected chi connectivity index (χ2v) is 10.9. The summed E-state index contributed by atoms with van der Waals surface area (Å²) in [6.07, 6.45) is -1.90. The molecule has 0 saturated carbocycles. The van der Waals surface area contributed by atoms with Crippen LogP contribution < -0.4 is 0 Å². The molecule has 2 heterocycles. The zero-order valence-electron chi connectivity index (χ0n) is 22.2. The summed E-state index contributed by atoms with van der Waals surface area (Å²) in [6, 6.07) is 30.1. The van der Waals surface area contributed by atoms with Gasteiger partial charge in [0.1, 0.15) is 29.3 Å². The van der Waals surface area contributed by atoms with Gasteiger partial charge in [0.15, 0.2) is 5.78 Å². The Morgan fingerprint density at radius 3 is 1.82 bits per heavy atom. The molecule has 0 unspecified atom stereocenters. The molecule has 1 fully saturated rings. The third-order valence-corrected chi connectivity index (χ3v) is 8.32. The van der Waals surface area contributed by atoms with Gasteiger partial charge in [0.05, 0.1) is 31.3 Å². The molecule has 0 aromatic heterocycles. The van der Waals surface area contributed by atoms with Crippen molar-refractivity contribution >= 4 is 17.5 Å². The number of Topliss-reactive ketones (excluding diaryl/α,β-unsaturated/α-hetero) is 1. The van der Waals surface area contributed by atoms with Crippen LogP contribution >= 0.6 is 11.8 Å². The number of ketones is 1. The van der Waals surface area contributed by atoms with Crippen LogP contribution in [0.2, 0.25) is 0 Å². The van der Waals surface area contributed by atoms with Gasteiger partial charge in [0.2, 0.25) is 6.29 Å². The Kier molecular flexibility index (Phi) is 9.50. The lowest BCUT2D eigenvalue weighted by Gasteiger charge is -2.47. The Labute approximate surface area is 234 Å². The fourth-order valence-electron chi connectivity index (χ4n) is 4.80. The topological polar surface area (TPSA) is 63.2 Å². The average Bonchev–Trinajstić information content (AvgIpc) is 2.96. The van der Waals surface area contributed by atoms with Gasteiger partial charge in [-0.25, -0.2) is 0 Å². The van der Waals surface area contributed by atoms with Crippen LogP contribution in [0.25, 0.3) is 0 Å². The van der Waals surface area contributed by atoms with Gasteiger partial charge in [-0.1, -0.05) is 91.0 Å². The molecule has 6 nitrogen and oxygen atoms in total. The van der Waals surface area contributed by atoms with Crippen molar-refractivity contribution < 1.29 is 28.5 Å². The van der Waals surface area contributed by atoms with Gasteiger partial charge < -0.3 is 23.7 Å². The SMILES string of the molecule is CC(=O)C1=C(C)O[C@H]2O[C@H](COCc3ccccc3)[C@H](OCc3ccccc3)[C@H](OCc3ccccc3)[C@H]2S1. The second-order valence-electron chi connectivity index (χ2n) is 9.71. The van der Waals surface area contributed by atoms with E-state index >= 15 is 0 Å². The van der Waals surface area contributed by atoms with Crippen LogP contribution in [0, 0.1) is 0 Å². The van der Waals surface area contributed by atoms with Crippen LogP contribution in [0.1, 0.15) is 30.5 Å². The van der Waals surface area contributed by atoms with Crippen molar-refractivity contribution in [3.63, 3.8) is 0 Å². The minimum absolute atomic E-state index is 0.0344. The molecule has 0 aliphatic carbocycles. The highest BCUT2D eigenvalue weighted by Crippen LogP contribution is 2.43. The maximum atomic E-state index is 12.4. The molecule has 39 heavy (non-hydrogen) atoms. The number of allylic oxidation sites excluding steroid dienone is 2. The number of hydrogen-bond acceptors (Lipinski definition) is 7. The zero-order chi connectivity index (χ0) is 27.0. The van der Waals surface area contributed by atoms with E-state index in [-0.39, 0.29) is 11.0 Å². The second kappa shape index (κ2) is 13.4. The smallest absolute Gasteiger partial charge is 0.214 e. The third-order valence-electron chi connectivity index (χ3n) is 6.74. The maximum Gasteiger partial charge on any atom is 0.214 e. The highest BCUT2D eigenvalue weighted by molar-refractivity contribution is 8.04. The monoisotopic (exact) mass is 546 g/mol. The Bertz CT molecular complexity index is 1230. The molecule has 0 radical (unpaired) electrons. The van der Waals surface area contributed by atoms with Crippen molar-refractivity contribution in [2.45, 2.75) is 63.5 Å². The first-order valence-electron chi connectivity index (χ1n) is 13.2. The van der Waals surface area contributed by atoms with Gasteiger partial charge in [0.25, 0.3) is 0 Å². The highest BCUT2D eigenvalue weighted by Gasteiger charge is 2.51. The molecular formula is C32H34O6S. The predicted octanol–water partition coefficient (Wildman–Crippen LogP) is 6.05. The van der Waals surface area contributed by atoms with Crippen molar-refractivity contribution in [2.75, 3.05) is 6.61 Å². The Balaban J connectivity index is 1.40. The number of ether oxygens (including phenoxy) is 5. The molecule has 2 aliphatic rings. The van der Waals surface area contributed by atoms with E-state index in [0.29, 0.717) is 37.1 Å². The molecule has 5 rings (SSSR count). The molecule has 7 heteroatoms. The lowest BCUT2D eigenvalue weighted by Crippen LogP contribution is -2.60. The number of fused-ring (bicyclic) bond motifs is 1. The summed E-state index contributed by atoms with van der Waals surface area (Å²) in [5, 5.41) is -0.289. The fourth-order valence-corrected chi connectivity index (χ4v) is 6.05. The first-order valence-corrected chi connectivity index (χ1v) is 14.1. The lowest BCUT2D eigenvalue weighted by molar-refractivity contribution is -0.266. The summed E-state index contributed by atoms with van der Waals surface area (Å²) >= 11 is 1.46. The van der Waals surface area contributed by atoms with Crippen LogP contribution in [0.15, 0.2) is 102 Å². The lowest BCUT2D eigenvalue weighted by atomic mass is 10.00. The minimum Gasteiger partial charge on any atom is -0.467 e. The van der Waals surface area contributed by atoms with Gasteiger partial charge in [-0.2, -0.15) is 0 Å². The summed E-state index contributed by atoms with van der Waals surface area (Å²) in [4.78, 5) is 13.0. The Morgan fingerprint density at radius 1 is 0.769 bits per heavy atom. The molecule has 0 bridgehead atoms. The van der Waals surface area contributed by atoms with Gasteiger partial charge >= 0.3 is 0 Å². The number of carbonyl (C=O) groups is 1. The molecule has 3 aromatic rings. The van der Waals surface area contributed by atoms with E-state index in [1.54, 1.807) is 6.92 Å². The van der Waals surface area contributed by atoms with E-state index in [1.165, 1.54) is 11.8 Å². The summed E-state index contributed by atoms with van der Waals surface area (Å²) in [6.45, 7) is 4.92. The van der Waals surface area contributed by atoms with Crippen molar-refractivity contribution in [3.05, 3.63) is 118 Å². The Hall–Kier alpha value is -2.94. The van der Waals surface area contributed by atoms with E-state index < -0.39 is 24.6 Å². The standard InChI is InChI=1S/C32H34O6S/c1-22(33)30-23(2)37-32-31(39-30)29(36-20-26-16-10-5-11-17-26)28(35-19-25-14-8-4-9-15-25)27(38-32)21-34-18-24-12-6-3-7-13-24/h3-17,27-29,31-32H,18-21H2,1-2H3/t27-,28+,29+,31-,32+/m1/s1. The largest absolute Gasteiger partial charge is 0.467 e. The average molecular weight is 547 g/mol. The molecule has 0 spiro atoms. The predicted molar refractivity (Wildman–Crippen MR) is 151 cm³/mol. The van der Waals surface area contributed by atoms with Crippen LogP contribution in [-0.4, -0.2) is 42.2 Å². The van der Waals surface area contributed by atoms with Crippen LogP contribution in [-0.2, 0) is 48.3 Å². The Morgan fingerprint density at radius 2 is 1.28 bits per heavy atom. The first kappa shape index (κ1) is 27.6. The molecule has 3 aromatic carbocycles. The van der Waals surface area contributed by atoms with E-state index in [0.717, 1.165) is 16.7 Å². The number of benzene rings is 3. The van der Waals surface area contributed by atoms with Gasteiger partial charge in [0, 0.05) is 0 Å². The fraction of sp³-hybridized carbons (Fsp3) is 0.344. The van der Waals surface area contributed by atoms with E-state index in [1.807, 2.05) is 97.9 Å². The van der Waals surface area contributed by atoms with Gasteiger partial charge in [-0.05, 0) is 30.5 Å². The van der Waals surface area contributed by atoms with Crippen molar-refractivity contribution in [3.8, 4) is 0 Å². The molecular weight excluding hydrogens is 512 g/mol. The van der Waals surface area contributed by atoms with E-state index in [2.05, 4.69) is 0 Å².